The zero-order chi connectivity index (χ0) is 17.9. The molecule has 138 valence electrons. The first-order valence-electron chi connectivity index (χ1n) is 9.58. The summed E-state index contributed by atoms with van der Waals surface area (Å²) >= 11 is 0. The number of rotatable bonds is 8. The highest BCUT2D eigenvalue weighted by molar-refractivity contribution is 5.89. The lowest BCUT2D eigenvalue weighted by Gasteiger charge is -2.10. The van der Waals surface area contributed by atoms with Crippen molar-refractivity contribution in [1.82, 2.24) is 15.1 Å². The Hall–Kier alpha value is -2.50. The van der Waals surface area contributed by atoms with Crippen LogP contribution in [0.1, 0.15) is 55.8 Å². The van der Waals surface area contributed by atoms with Gasteiger partial charge in [0.15, 0.2) is 0 Å². The van der Waals surface area contributed by atoms with Crippen molar-refractivity contribution >= 4 is 11.7 Å². The summed E-state index contributed by atoms with van der Waals surface area (Å²) in [5.74, 6) is 2.15. The van der Waals surface area contributed by atoms with E-state index in [-0.39, 0.29) is 6.03 Å². The molecular formula is C20H26N4O2. The predicted octanol–water partition coefficient (Wildman–Crippen LogP) is 3.86. The fourth-order valence-corrected chi connectivity index (χ4v) is 3.17. The van der Waals surface area contributed by atoms with Crippen LogP contribution in [0, 0.1) is 0 Å². The Morgan fingerprint density at radius 1 is 1.19 bits per heavy atom. The maximum atomic E-state index is 12.1. The second-order valence-electron chi connectivity index (χ2n) is 7.10. The third kappa shape index (κ3) is 4.18. The number of benzene rings is 1. The van der Waals surface area contributed by atoms with E-state index in [1.807, 2.05) is 31.2 Å². The van der Waals surface area contributed by atoms with E-state index in [2.05, 4.69) is 21.4 Å². The lowest BCUT2D eigenvalue weighted by atomic mass is 10.2. The highest BCUT2D eigenvalue weighted by Gasteiger charge is 2.32. The summed E-state index contributed by atoms with van der Waals surface area (Å²) in [6.07, 6.45) is 5.07. The Kier molecular flexibility index (Phi) is 4.82. The van der Waals surface area contributed by atoms with Gasteiger partial charge in [0.1, 0.15) is 5.75 Å². The molecule has 0 aliphatic heterocycles. The molecule has 0 bridgehead atoms. The Morgan fingerprint density at radius 3 is 2.58 bits per heavy atom. The first-order chi connectivity index (χ1) is 12.7. The second kappa shape index (κ2) is 7.40. The Bertz CT molecular complexity index is 761. The van der Waals surface area contributed by atoms with Crippen LogP contribution >= 0.6 is 0 Å². The van der Waals surface area contributed by atoms with Crippen LogP contribution in [0.15, 0.2) is 30.3 Å². The molecule has 2 fully saturated rings. The van der Waals surface area contributed by atoms with Gasteiger partial charge >= 0.3 is 6.03 Å². The van der Waals surface area contributed by atoms with Gasteiger partial charge in [-0.3, -0.25) is 4.68 Å². The van der Waals surface area contributed by atoms with Crippen molar-refractivity contribution in [3.05, 3.63) is 41.7 Å². The minimum Gasteiger partial charge on any atom is -0.494 e. The van der Waals surface area contributed by atoms with E-state index in [0.29, 0.717) is 25.0 Å². The van der Waals surface area contributed by atoms with Crippen molar-refractivity contribution in [3.63, 3.8) is 0 Å². The normalized spacial score (nSPS) is 16.3. The fraction of sp³-hybridized carbons (Fsp3) is 0.500. The molecule has 4 rings (SSSR count). The summed E-state index contributed by atoms with van der Waals surface area (Å²) in [6.45, 7) is 3.86. The van der Waals surface area contributed by atoms with Crippen LogP contribution in [0.4, 0.5) is 10.5 Å². The number of aromatic nitrogens is 2. The molecule has 2 aliphatic carbocycles. The number of nitrogens with one attached hydrogen (secondary N) is 2. The van der Waals surface area contributed by atoms with Crippen molar-refractivity contribution in [2.45, 2.75) is 51.0 Å². The number of anilines is 1. The maximum absolute atomic E-state index is 12.1. The van der Waals surface area contributed by atoms with Crippen LogP contribution < -0.4 is 15.4 Å². The molecule has 0 unspecified atom stereocenters. The van der Waals surface area contributed by atoms with Crippen molar-refractivity contribution in [3.8, 4) is 5.75 Å². The minimum atomic E-state index is -0.197. The van der Waals surface area contributed by atoms with E-state index in [1.165, 1.54) is 37.1 Å². The third-order valence-electron chi connectivity index (χ3n) is 4.85. The summed E-state index contributed by atoms with van der Waals surface area (Å²) in [5.41, 5.74) is 3.34. The number of ether oxygens (including phenoxy) is 1. The molecule has 6 nitrogen and oxygen atoms in total. The van der Waals surface area contributed by atoms with Gasteiger partial charge in [0.25, 0.3) is 0 Å². The smallest absolute Gasteiger partial charge is 0.319 e. The van der Waals surface area contributed by atoms with Crippen molar-refractivity contribution in [2.75, 3.05) is 18.5 Å². The second-order valence-corrected chi connectivity index (χ2v) is 7.10. The molecule has 2 aromatic rings. The third-order valence-corrected chi connectivity index (χ3v) is 4.85. The summed E-state index contributed by atoms with van der Waals surface area (Å²) in [5, 5.41) is 10.5. The topological polar surface area (TPSA) is 68.2 Å². The van der Waals surface area contributed by atoms with Crippen LogP contribution in [-0.4, -0.2) is 29.0 Å². The number of hydrogen-bond acceptors (Lipinski definition) is 3. The van der Waals surface area contributed by atoms with Crippen LogP contribution in [0.3, 0.4) is 0 Å². The number of carbonyl (C=O) groups excluding carboxylic acids is 1. The summed E-state index contributed by atoms with van der Waals surface area (Å²) < 4.78 is 7.50. The molecule has 0 radical (unpaired) electrons. The number of urea groups is 1. The van der Waals surface area contributed by atoms with Crippen molar-refractivity contribution in [1.29, 1.82) is 0 Å². The number of amides is 2. The Balaban J connectivity index is 1.27. The average Bonchev–Trinajstić information content (AvgIpc) is 3.56. The molecule has 1 aromatic heterocycles. The zero-order valence-corrected chi connectivity index (χ0v) is 15.2. The minimum absolute atomic E-state index is 0.197. The average molecular weight is 354 g/mol. The van der Waals surface area contributed by atoms with E-state index in [9.17, 15) is 4.79 Å². The summed E-state index contributed by atoms with van der Waals surface area (Å²) in [6, 6.07) is 9.47. The molecule has 0 saturated heterocycles. The van der Waals surface area contributed by atoms with Crippen LogP contribution in [0.2, 0.25) is 0 Å². The van der Waals surface area contributed by atoms with Crippen LogP contribution in [0.25, 0.3) is 0 Å². The number of hydrogen-bond donors (Lipinski definition) is 2. The van der Waals surface area contributed by atoms with E-state index >= 15 is 0 Å². The number of carbonyl (C=O) groups is 1. The van der Waals surface area contributed by atoms with E-state index in [4.69, 9.17) is 9.84 Å². The molecule has 2 amide bonds. The molecule has 26 heavy (non-hydrogen) atoms. The van der Waals surface area contributed by atoms with Gasteiger partial charge in [0.2, 0.25) is 0 Å². The van der Waals surface area contributed by atoms with E-state index < -0.39 is 0 Å². The molecule has 6 heteroatoms. The number of nitrogens with zero attached hydrogens (tertiary/aromatic N) is 2. The largest absolute Gasteiger partial charge is 0.494 e. The Morgan fingerprint density at radius 2 is 1.92 bits per heavy atom. The molecule has 2 N–H and O–H groups in total. The van der Waals surface area contributed by atoms with E-state index in [0.717, 1.165) is 18.0 Å². The summed E-state index contributed by atoms with van der Waals surface area (Å²) in [4.78, 5) is 12.1. The molecule has 2 saturated carbocycles. The van der Waals surface area contributed by atoms with Crippen LogP contribution in [0.5, 0.6) is 5.75 Å². The SMILES string of the molecule is CCOc1ccc(NC(=O)NCCn2nc(C3CC3)cc2C2CC2)cc1. The van der Waals surface area contributed by atoms with E-state index in [1.54, 1.807) is 0 Å². The monoisotopic (exact) mass is 354 g/mol. The summed E-state index contributed by atoms with van der Waals surface area (Å²) in [7, 11) is 0. The molecule has 2 aliphatic rings. The maximum Gasteiger partial charge on any atom is 0.319 e. The first-order valence-corrected chi connectivity index (χ1v) is 9.58. The Labute approximate surface area is 153 Å². The highest BCUT2D eigenvalue weighted by atomic mass is 16.5. The van der Waals surface area contributed by atoms with Crippen LogP contribution in [-0.2, 0) is 6.54 Å². The standard InChI is InChI=1S/C20H26N4O2/c1-2-26-17-9-7-16(8-10-17)22-20(25)21-11-12-24-19(15-5-6-15)13-18(23-24)14-3-4-14/h7-10,13-15H,2-6,11-12H2,1H3,(H2,21,22,25). The molecule has 1 heterocycles. The highest BCUT2D eigenvalue weighted by Crippen LogP contribution is 2.44. The van der Waals surface area contributed by atoms with Gasteiger partial charge in [0.05, 0.1) is 18.8 Å². The van der Waals surface area contributed by atoms with Gasteiger partial charge < -0.3 is 15.4 Å². The van der Waals surface area contributed by atoms with Crippen molar-refractivity contribution in [2.24, 2.45) is 0 Å². The predicted molar refractivity (Wildman–Crippen MR) is 101 cm³/mol. The van der Waals surface area contributed by atoms with Gasteiger partial charge in [-0.1, -0.05) is 0 Å². The van der Waals surface area contributed by atoms with Gasteiger partial charge in [-0.2, -0.15) is 5.10 Å². The molecule has 0 atom stereocenters. The fourth-order valence-electron chi connectivity index (χ4n) is 3.17. The molecular weight excluding hydrogens is 328 g/mol. The molecule has 0 spiro atoms. The quantitative estimate of drug-likeness (QED) is 0.756. The molecule has 1 aromatic carbocycles. The lowest BCUT2D eigenvalue weighted by molar-refractivity contribution is 0.251. The van der Waals surface area contributed by atoms with Gasteiger partial charge in [0, 0.05) is 29.8 Å². The first kappa shape index (κ1) is 16.9. The van der Waals surface area contributed by atoms with Crippen molar-refractivity contribution < 1.29 is 9.53 Å². The van der Waals surface area contributed by atoms with Gasteiger partial charge in [-0.15, -0.1) is 0 Å². The lowest BCUT2D eigenvalue weighted by Crippen LogP contribution is -2.31. The zero-order valence-electron chi connectivity index (χ0n) is 15.2. The van der Waals surface area contributed by atoms with Gasteiger partial charge in [-0.25, -0.2) is 4.79 Å². The van der Waals surface area contributed by atoms with Gasteiger partial charge in [-0.05, 0) is 62.9 Å².